The summed E-state index contributed by atoms with van der Waals surface area (Å²) in [5.41, 5.74) is 7.06. The van der Waals surface area contributed by atoms with Crippen LogP contribution in [0.25, 0.3) is 32.8 Å². The summed E-state index contributed by atoms with van der Waals surface area (Å²) in [7, 11) is 3.98. The number of benzene rings is 3. The summed E-state index contributed by atoms with van der Waals surface area (Å²) in [6.45, 7) is 8.17. The molecule has 0 saturated carbocycles. The molecule has 9 nitrogen and oxygen atoms in total. The molecule has 0 bridgehead atoms. The van der Waals surface area contributed by atoms with Crippen molar-refractivity contribution in [2.45, 2.75) is 44.6 Å². The number of halogens is 2. The smallest absolute Gasteiger partial charge is 0.355 e. The predicted octanol–water partition coefficient (Wildman–Crippen LogP) is 7.39. The van der Waals surface area contributed by atoms with E-state index in [2.05, 4.69) is 67.1 Å². The monoisotopic (exact) mass is 753 g/mol. The number of esters is 1. The van der Waals surface area contributed by atoms with Crippen molar-refractivity contribution in [3.8, 4) is 16.9 Å². The van der Waals surface area contributed by atoms with Crippen LogP contribution in [0.2, 0.25) is 0 Å². The fourth-order valence-electron chi connectivity index (χ4n) is 6.92. The Morgan fingerprint density at radius 2 is 1.80 bits per heavy atom. The highest BCUT2D eigenvalue weighted by molar-refractivity contribution is 9.08. The number of nitrogens with one attached hydrogen (secondary N) is 1. The van der Waals surface area contributed by atoms with Crippen molar-refractivity contribution in [3.63, 3.8) is 0 Å². The summed E-state index contributed by atoms with van der Waals surface area (Å²) >= 11 is 3.77. The van der Waals surface area contributed by atoms with E-state index in [0.29, 0.717) is 37.2 Å². The van der Waals surface area contributed by atoms with Crippen LogP contribution in [-0.2, 0) is 41.4 Å². The number of morpholine rings is 1. The van der Waals surface area contributed by atoms with Crippen LogP contribution in [0.15, 0.2) is 60.7 Å². The largest absolute Gasteiger partial charge is 0.493 e. The van der Waals surface area contributed by atoms with Gasteiger partial charge in [0.05, 0.1) is 43.3 Å². The molecule has 1 saturated heterocycles. The van der Waals surface area contributed by atoms with Crippen molar-refractivity contribution in [2.75, 3.05) is 53.1 Å². The first kappa shape index (κ1) is 36.9. The highest BCUT2D eigenvalue weighted by Crippen LogP contribution is 2.39. The zero-order valence-electron chi connectivity index (χ0n) is 28.7. The van der Waals surface area contributed by atoms with Crippen molar-refractivity contribution >= 4 is 56.0 Å². The number of para-hydroxylation sites is 1. The van der Waals surface area contributed by atoms with Crippen molar-refractivity contribution in [1.29, 1.82) is 0 Å². The first-order valence-electron chi connectivity index (χ1n) is 17.0. The molecule has 2 aromatic heterocycles. The number of carbonyl (C=O) groups is 1. The Balaban J connectivity index is 0.00000281. The zero-order chi connectivity index (χ0) is 33.5. The Kier molecular flexibility index (Phi) is 13.2. The number of fused-ring (bicyclic) bond motifs is 2. The zero-order valence-corrected chi connectivity index (χ0v) is 31.1. The summed E-state index contributed by atoms with van der Waals surface area (Å²) in [4.78, 5) is 16.3. The molecule has 1 aliphatic rings. The molecule has 0 aliphatic carbocycles. The normalized spacial score (nSPS) is 13.6. The predicted molar refractivity (Wildman–Crippen MR) is 204 cm³/mol. The third kappa shape index (κ3) is 7.99. The van der Waals surface area contributed by atoms with Gasteiger partial charge in [-0.05, 0) is 56.8 Å². The molecule has 1 N–H and O–H groups in total. The first-order valence-corrected chi connectivity index (χ1v) is 18.1. The summed E-state index contributed by atoms with van der Waals surface area (Å²) in [5.74, 6) is 0.594. The number of carbonyl (C=O) groups excluding carboxylic acids is 1. The van der Waals surface area contributed by atoms with E-state index in [9.17, 15) is 4.79 Å². The van der Waals surface area contributed by atoms with Gasteiger partial charge < -0.3 is 24.1 Å². The molecule has 0 atom stereocenters. The van der Waals surface area contributed by atoms with Crippen molar-refractivity contribution < 1.29 is 20.4 Å². The van der Waals surface area contributed by atoms with E-state index in [1.54, 1.807) is 0 Å². The van der Waals surface area contributed by atoms with Gasteiger partial charge in [0.2, 0.25) is 0 Å². The molecule has 1 aliphatic heterocycles. The Morgan fingerprint density at radius 1 is 1.04 bits per heavy atom. The van der Waals surface area contributed by atoms with Crippen LogP contribution >= 0.6 is 28.3 Å². The first-order chi connectivity index (χ1) is 23.5. The van der Waals surface area contributed by atoms with Gasteiger partial charge in [0.1, 0.15) is 11.4 Å². The second-order valence-electron chi connectivity index (χ2n) is 12.2. The van der Waals surface area contributed by atoms with Gasteiger partial charge in [-0.3, -0.25) is 9.58 Å². The van der Waals surface area contributed by atoms with E-state index >= 15 is 0 Å². The van der Waals surface area contributed by atoms with E-state index in [-0.39, 0.29) is 19.8 Å². The summed E-state index contributed by atoms with van der Waals surface area (Å²) in [5, 5.41) is 12.3. The Hall–Kier alpha value is -3.41. The highest BCUT2D eigenvalue weighted by Gasteiger charge is 2.28. The molecule has 0 radical (unpaired) electrons. The van der Waals surface area contributed by atoms with E-state index in [1.165, 1.54) is 0 Å². The highest BCUT2D eigenvalue weighted by atomic mass is 79.9. The molecule has 6 rings (SSSR count). The number of hydrogen-bond donors (Lipinski definition) is 1. The third-order valence-corrected chi connectivity index (χ3v) is 9.69. The average molecular weight is 755 g/mol. The minimum absolute atomic E-state index is 0. The van der Waals surface area contributed by atoms with Gasteiger partial charge >= 0.3 is 5.97 Å². The second kappa shape index (κ2) is 17.5. The molecule has 3 aromatic carbocycles. The van der Waals surface area contributed by atoms with Crippen molar-refractivity contribution in [2.24, 2.45) is 7.05 Å². The van der Waals surface area contributed by atoms with Gasteiger partial charge in [-0.2, -0.15) is 5.10 Å². The van der Waals surface area contributed by atoms with Crippen LogP contribution in [0, 0.1) is 0 Å². The van der Waals surface area contributed by atoms with E-state index in [4.69, 9.17) is 19.3 Å². The number of hydrogen-bond acceptors (Lipinski definition) is 7. The van der Waals surface area contributed by atoms with Crippen molar-refractivity contribution in [1.82, 2.24) is 24.6 Å². The molecule has 3 heterocycles. The lowest BCUT2D eigenvalue weighted by atomic mass is 9.98. The van der Waals surface area contributed by atoms with Gasteiger partial charge in [0.15, 0.2) is 0 Å². The van der Waals surface area contributed by atoms with Crippen LogP contribution in [0.5, 0.6) is 5.75 Å². The number of rotatable bonds is 15. The molecule has 0 unspecified atom stereocenters. The minimum Gasteiger partial charge on any atom is -0.493 e. The molecule has 49 heavy (non-hydrogen) atoms. The van der Waals surface area contributed by atoms with Gasteiger partial charge in [-0.1, -0.05) is 70.5 Å². The van der Waals surface area contributed by atoms with Gasteiger partial charge in [-0.15, -0.1) is 12.4 Å². The number of aromatic nitrogens is 3. The molecule has 11 heteroatoms. The number of ether oxygens (including phenoxy) is 3. The summed E-state index contributed by atoms with van der Waals surface area (Å²) < 4.78 is 21.9. The Morgan fingerprint density at radius 3 is 2.57 bits per heavy atom. The minimum atomic E-state index is -0.283. The molecule has 0 spiro atoms. The summed E-state index contributed by atoms with van der Waals surface area (Å²) in [6.07, 6.45) is 2.29. The standard InChI is InChI=1S/C38H46BrN5O4.ClH.H2/c1-4-47-38(45)37-30(16-9-22-48-34-17-7-12-27-11-5-6-13-28(27)34)29-14-8-15-31(36(29)44(37)19-10-18-40-2)35-32(41-42(3)33(35)25-39)26-43-20-23-46-24-21-43;;/h5-8,11-15,17,40H,4,9-10,16,18-26H2,1-3H3;2*1H. The molecule has 264 valence electrons. The molecule has 5 aromatic rings. The van der Waals surface area contributed by atoms with Crippen LogP contribution in [0.4, 0.5) is 0 Å². The maximum atomic E-state index is 13.9. The molecule has 1 fully saturated rings. The lowest BCUT2D eigenvalue weighted by Gasteiger charge is -2.26. The number of nitrogens with zero attached hydrogens (tertiary/aromatic N) is 4. The quantitative estimate of drug-likeness (QED) is 0.0679. The summed E-state index contributed by atoms with van der Waals surface area (Å²) in [6, 6.07) is 20.9. The van der Waals surface area contributed by atoms with Crippen LogP contribution < -0.4 is 10.1 Å². The topological polar surface area (TPSA) is 82.8 Å². The van der Waals surface area contributed by atoms with E-state index in [1.807, 2.05) is 50.0 Å². The average Bonchev–Trinajstić information content (AvgIpc) is 3.60. The third-order valence-electron chi connectivity index (χ3n) is 9.15. The Bertz CT molecular complexity index is 1870. The van der Waals surface area contributed by atoms with Gasteiger partial charge in [0, 0.05) is 61.9 Å². The number of alkyl halides is 1. The van der Waals surface area contributed by atoms with E-state index in [0.717, 1.165) is 108 Å². The molecular formula is C38H49BrClN5O4. The molecule has 0 amide bonds. The van der Waals surface area contributed by atoms with Gasteiger partial charge in [-0.25, -0.2) is 4.79 Å². The lowest BCUT2D eigenvalue weighted by molar-refractivity contribution is 0.0336. The van der Waals surface area contributed by atoms with E-state index < -0.39 is 0 Å². The number of aryl methyl sites for hydroxylation is 3. The maximum Gasteiger partial charge on any atom is 0.355 e. The Labute approximate surface area is 304 Å². The van der Waals surface area contributed by atoms with Crippen LogP contribution in [0.3, 0.4) is 0 Å². The fraction of sp³-hybridized carbons (Fsp3) is 0.421. The van der Waals surface area contributed by atoms with Gasteiger partial charge in [0.25, 0.3) is 0 Å². The van der Waals surface area contributed by atoms with Crippen LogP contribution in [-0.4, -0.2) is 78.3 Å². The van der Waals surface area contributed by atoms with Crippen LogP contribution in [0.1, 0.15) is 48.6 Å². The lowest BCUT2D eigenvalue weighted by Crippen LogP contribution is -2.35. The molecular weight excluding hydrogens is 706 g/mol. The van der Waals surface area contributed by atoms with Crippen molar-refractivity contribution in [3.05, 3.63) is 83.3 Å². The maximum absolute atomic E-state index is 13.9. The fourth-order valence-corrected chi connectivity index (χ4v) is 7.57. The second-order valence-corrected chi connectivity index (χ2v) is 12.8. The SMILES string of the molecule is CCOC(=O)c1c(CCCOc2cccc3ccccc23)c2cccc(-c3c(CN4CCOCC4)nn(C)c3CBr)c2n1CCCNC.Cl.[HH].